The van der Waals surface area contributed by atoms with Crippen LogP contribution in [0.3, 0.4) is 0 Å². The van der Waals surface area contributed by atoms with Gasteiger partial charge in [-0.15, -0.1) is 0 Å². The zero-order valence-corrected chi connectivity index (χ0v) is 21.9. The first-order valence-electron chi connectivity index (χ1n) is 11.7. The topological polar surface area (TPSA) is 101 Å². The molecule has 8 nitrogen and oxygen atoms in total. The second-order valence-corrected chi connectivity index (χ2v) is 9.78. The predicted octanol–water partition coefficient (Wildman–Crippen LogP) is 4.97. The number of carbonyl (C=O) groups excluding carboxylic acids is 1. The van der Waals surface area contributed by atoms with E-state index < -0.39 is 22.6 Å². The van der Waals surface area contributed by atoms with Gasteiger partial charge in [0.05, 0.1) is 23.4 Å². The number of nitrogens with zero attached hydrogens (tertiary/aromatic N) is 5. The third-order valence-corrected chi connectivity index (χ3v) is 6.60. The van der Waals surface area contributed by atoms with E-state index in [1.165, 1.54) is 15.5 Å². The number of carbonyl (C=O) groups is 1. The molecule has 0 atom stereocenters. The van der Waals surface area contributed by atoms with E-state index in [0.29, 0.717) is 47.4 Å². The van der Waals surface area contributed by atoms with Crippen LogP contribution in [0.5, 0.6) is 5.75 Å². The van der Waals surface area contributed by atoms with Crippen LogP contribution in [0.4, 0.5) is 14.6 Å². The van der Waals surface area contributed by atoms with Crippen LogP contribution >= 0.6 is 11.6 Å². The number of pyridine rings is 3. The molecule has 0 aliphatic carbocycles. The number of rotatable bonds is 6. The summed E-state index contributed by atoms with van der Waals surface area (Å²) in [7, 11) is 0. The van der Waals surface area contributed by atoms with Gasteiger partial charge in [-0.05, 0) is 39.7 Å². The van der Waals surface area contributed by atoms with Crippen LogP contribution in [-0.2, 0) is 11.4 Å². The first-order valence-corrected chi connectivity index (χ1v) is 12.1. The van der Waals surface area contributed by atoms with E-state index >= 15 is 0 Å². The Kier molecular flexibility index (Phi) is 7.33. The number of halogens is 3. The smallest absolute Gasteiger partial charge is 0.277 e. The molecule has 0 saturated carbocycles. The molecule has 11 heteroatoms. The van der Waals surface area contributed by atoms with Gasteiger partial charge in [-0.1, -0.05) is 17.7 Å². The number of hydrogen-bond acceptors (Lipinski definition) is 6. The van der Waals surface area contributed by atoms with E-state index in [1.54, 1.807) is 46.0 Å². The van der Waals surface area contributed by atoms with Gasteiger partial charge in [-0.3, -0.25) is 24.0 Å². The maximum absolute atomic E-state index is 13.9. The van der Waals surface area contributed by atoms with Crippen LogP contribution in [0.15, 0.2) is 47.0 Å². The fourth-order valence-electron chi connectivity index (χ4n) is 4.15. The molecule has 0 bridgehead atoms. The van der Waals surface area contributed by atoms with E-state index in [9.17, 15) is 23.6 Å². The Morgan fingerprint density at radius 3 is 2.58 bits per heavy atom. The third-order valence-electron chi connectivity index (χ3n) is 6.26. The van der Waals surface area contributed by atoms with Crippen molar-refractivity contribution in [3.63, 3.8) is 0 Å². The van der Waals surface area contributed by atoms with Crippen molar-refractivity contribution in [1.29, 1.82) is 5.26 Å². The Bertz CT molecular complexity index is 1580. The van der Waals surface area contributed by atoms with E-state index in [1.807, 2.05) is 0 Å². The van der Waals surface area contributed by atoms with Crippen LogP contribution in [0.2, 0.25) is 5.02 Å². The molecule has 196 valence electrons. The number of ether oxygens (including phenoxy) is 1. The Morgan fingerprint density at radius 2 is 1.89 bits per heavy atom. The number of hydrogen-bond donors (Lipinski definition) is 0. The van der Waals surface area contributed by atoms with E-state index in [2.05, 4.69) is 16.0 Å². The molecular formula is C27H24ClF2N5O3. The number of amides is 1. The highest BCUT2D eigenvalue weighted by Crippen LogP contribution is 2.33. The maximum atomic E-state index is 13.9. The summed E-state index contributed by atoms with van der Waals surface area (Å²) in [5.74, 6) is -1.67. The van der Waals surface area contributed by atoms with Gasteiger partial charge in [-0.2, -0.15) is 5.26 Å². The van der Waals surface area contributed by atoms with Crippen molar-refractivity contribution in [2.24, 2.45) is 5.41 Å². The monoisotopic (exact) mass is 539 g/mol. The SMILES string of the molecule is Cc1cnc(N2CCC=C(C(C)(C)C#N)C2=O)cc1-n1c(C)cc(OCc2ncc(F)cc2F)c(Cl)c1=O. The minimum atomic E-state index is -0.966. The summed E-state index contributed by atoms with van der Waals surface area (Å²) in [6.45, 7) is 6.81. The molecule has 0 unspecified atom stereocenters. The minimum Gasteiger partial charge on any atom is -0.485 e. The molecular weight excluding hydrogens is 516 g/mol. The molecule has 0 N–H and O–H groups in total. The van der Waals surface area contributed by atoms with Crippen molar-refractivity contribution in [3.05, 3.63) is 86.2 Å². The lowest BCUT2D eigenvalue weighted by atomic mass is 9.83. The largest absolute Gasteiger partial charge is 0.485 e. The van der Waals surface area contributed by atoms with Crippen LogP contribution in [0.1, 0.15) is 37.2 Å². The summed E-state index contributed by atoms with van der Waals surface area (Å²) < 4.78 is 34.0. The fourth-order valence-corrected chi connectivity index (χ4v) is 4.34. The Labute approximate surface area is 222 Å². The van der Waals surface area contributed by atoms with Gasteiger partial charge in [0.15, 0.2) is 5.82 Å². The lowest BCUT2D eigenvalue weighted by molar-refractivity contribution is -0.116. The minimum absolute atomic E-state index is 0.0163. The van der Waals surface area contributed by atoms with Crippen molar-refractivity contribution >= 4 is 23.3 Å². The first kappa shape index (κ1) is 26.9. The van der Waals surface area contributed by atoms with Crippen molar-refractivity contribution in [1.82, 2.24) is 14.5 Å². The molecule has 0 radical (unpaired) electrons. The van der Waals surface area contributed by atoms with Crippen LogP contribution in [-0.4, -0.2) is 27.0 Å². The molecule has 4 heterocycles. The average Bonchev–Trinajstić information content (AvgIpc) is 2.87. The summed E-state index contributed by atoms with van der Waals surface area (Å²) in [6, 6.07) is 6.00. The molecule has 3 aromatic heterocycles. The second-order valence-electron chi connectivity index (χ2n) is 9.40. The molecule has 0 saturated heterocycles. The fraction of sp³-hybridized carbons (Fsp3) is 0.296. The van der Waals surface area contributed by atoms with Crippen molar-refractivity contribution in [3.8, 4) is 17.5 Å². The number of aromatic nitrogens is 3. The zero-order valence-electron chi connectivity index (χ0n) is 21.2. The van der Waals surface area contributed by atoms with Crippen molar-refractivity contribution < 1.29 is 18.3 Å². The lowest BCUT2D eigenvalue weighted by Gasteiger charge is -2.31. The average molecular weight is 540 g/mol. The summed E-state index contributed by atoms with van der Waals surface area (Å²) in [5.41, 5.74) is 0.258. The Balaban J connectivity index is 1.69. The number of anilines is 1. The van der Waals surface area contributed by atoms with Gasteiger partial charge in [0.2, 0.25) is 0 Å². The van der Waals surface area contributed by atoms with Gasteiger partial charge in [0.25, 0.3) is 11.5 Å². The van der Waals surface area contributed by atoms with Gasteiger partial charge in [0, 0.05) is 42.2 Å². The van der Waals surface area contributed by atoms with E-state index in [0.717, 1.165) is 6.20 Å². The molecule has 1 aliphatic rings. The molecule has 1 amide bonds. The van der Waals surface area contributed by atoms with Crippen molar-refractivity contribution in [2.45, 2.75) is 40.7 Å². The molecule has 1 aliphatic heterocycles. The third kappa shape index (κ3) is 5.02. The first-order chi connectivity index (χ1) is 17.9. The zero-order chi connectivity index (χ0) is 27.8. The summed E-state index contributed by atoms with van der Waals surface area (Å²) in [5, 5.41) is 9.27. The molecule has 4 rings (SSSR count). The highest BCUT2D eigenvalue weighted by molar-refractivity contribution is 6.31. The Morgan fingerprint density at radius 1 is 1.16 bits per heavy atom. The van der Waals surface area contributed by atoms with Gasteiger partial charge < -0.3 is 4.74 Å². The van der Waals surface area contributed by atoms with Crippen LogP contribution < -0.4 is 15.2 Å². The van der Waals surface area contributed by atoms with E-state index in [4.69, 9.17) is 16.3 Å². The molecule has 3 aromatic rings. The summed E-state index contributed by atoms with van der Waals surface area (Å²) in [6.07, 6.45) is 4.75. The number of aryl methyl sites for hydroxylation is 2. The lowest BCUT2D eigenvalue weighted by Crippen LogP contribution is -2.40. The van der Waals surface area contributed by atoms with Gasteiger partial charge >= 0.3 is 0 Å². The van der Waals surface area contributed by atoms with Gasteiger partial charge in [-0.25, -0.2) is 13.8 Å². The Hall–Kier alpha value is -4.10. The van der Waals surface area contributed by atoms with Crippen LogP contribution in [0.25, 0.3) is 5.69 Å². The normalized spacial score (nSPS) is 13.8. The summed E-state index contributed by atoms with van der Waals surface area (Å²) >= 11 is 6.35. The highest BCUT2D eigenvalue weighted by Gasteiger charge is 2.35. The molecule has 38 heavy (non-hydrogen) atoms. The van der Waals surface area contributed by atoms with Crippen LogP contribution in [0, 0.1) is 42.2 Å². The molecule has 0 aromatic carbocycles. The maximum Gasteiger partial charge on any atom is 0.277 e. The molecule has 0 fully saturated rings. The highest BCUT2D eigenvalue weighted by atomic mass is 35.5. The van der Waals surface area contributed by atoms with Crippen molar-refractivity contribution in [2.75, 3.05) is 11.4 Å². The van der Waals surface area contributed by atoms with Gasteiger partial charge in [0.1, 0.15) is 34.7 Å². The second kappa shape index (κ2) is 10.3. The van der Waals surface area contributed by atoms with E-state index in [-0.39, 0.29) is 29.0 Å². The number of nitriles is 1. The molecule has 0 spiro atoms. The summed E-state index contributed by atoms with van der Waals surface area (Å²) in [4.78, 5) is 36.1. The quantitative estimate of drug-likeness (QED) is 0.438. The predicted molar refractivity (Wildman–Crippen MR) is 137 cm³/mol. The standard InChI is InChI=1S/C27H24ClF2N5O3/c1-15-11-33-23(34-7-5-6-18(25(34)36)27(3,4)14-31)10-21(15)35-16(2)8-22(24(28)26(35)37)38-13-20-19(30)9-17(29)12-32-20/h6,8-12H,5,7,13H2,1-4H3.